The van der Waals surface area contributed by atoms with Crippen LogP contribution in [0, 0.1) is 0 Å². The Bertz CT molecular complexity index is 449. The van der Waals surface area contributed by atoms with Crippen LogP contribution < -0.4 is 15.4 Å². The van der Waals surface area contributed by atoms with Crippen LogP contribution in [0.3, 0.4) is 0 Å². The molecule has 0 atom stereocenters. The predicted molar refractivity (Wildman–Crippen MR) is 84.1 cm³/mol. The van der Waals surface area contributed by atoms with Gasteiger partial charge in [-0.05, 0) is 44.5 Å². The molecule has 0 aliphatic carbocycles. The smallest absolute Gasteiger partial charge is 0.143 e. The molecule has 118 valence electrons. The van der Waals surface area contributed by atoms with Crippen LogP contribution in [0.5, 0.6) is 5.75 Å². The van der Waals surface area contributed by atoms with Gasteiger partial charge >= 0.3 is 0 Å². The van der Waals surface area contributed by atoms with Crippen molar-refractivity contribution in [2.75, 3.05) is 44.8 Å². The first-order chi connectivity index (χ1) is 10.1. The summed E-state index contributed by atoms with van der Waals surface area (Å²) in [5, 5.41) is 15.3. The van der Waals surface area contributed by atoms with Crippen molar-refractivity contribution in [3.63, 3.8) is 0 Å². The molecule has 0 saturated carbocycles. The van der Waals surface area contributed by atoms with E-state index in [2.05, 4.69) is 36.6 Å². The minimum absolute atomic E-state index is 0.0843. The summed E-state index contributed by atoms with van der Waals surface area (Å²) < 4.78 is 11.1. The predicted octanol–water partition coefficient (Wildman–Crippen LogP) is 1.41. The highest BCUT2D eigenvalue weighted by atomic mass is 16.5. The number of hydrogen-bond acceptors (Lipinski definition) is 5. The fraction of sp³-hybridized carbons (Fsp3) is 0.625. The summed E-state index contributed by atoms with van der Waals surface area (Å²) in [5.41, 5.74) is 2.22. The van der Waals surface area contributed by atoms with Gasteiger partial charge in [0.15, 0.2) is 0 Å². The van der Waals surface area contributed by atoms with Crippen molar-refractivity contribution in [1.29, 1.82) is 0 Å². The van der Waals surface area contributed by atoms with E-state index in [0.717, 1.165) is 37.5 Å². The van der Waals surface area contributed by atoms with E-state index in [1.807, 2.05) is 6.07 Å². The van der Waals surface area contributed by atoms with E-state index in [4.69, 9.17) is 14.6 Å². The Hall–Kier alpha value is -1.30. The maximum Gasteiger partial charge on any atom is 0.143 e. The fourth-order valence-corrected chi connectivity index (χ4v) is 2.27. The molecule has 0 unspecified atom stereocenters. The second kappa shape index (κ2) is 7.64. The highest BCUT2D eigenvalue weighted by molar-refractivity contribution is 5.60. The van der Waals surface area contributed by atoms with Gasteiger partial charge < -0.3 is 25.2 Å². The van der Waals surface area contributed by atoms with Crippen LogP contribution in [-0.2, 0) is 11.2 Å². The molecule has 0 spiro atoms. The molecule has 1 aliphatic heterocycles. The van der Waals surface area contributed by atoms with Crippen molar-refractivity contribution in [1.82, 2.24) is 5.32 Å². The minimum Gasteiger partial charge on any atom is -0.484 e. The minimum atomic E-state index is -0.148. The summed E-state index contributed by atoms with van der Waals surface area (Å²) in [6, 6.07) is 6.32. The Balaban J connectivity index is 1.73. The molecule has 1 aliphatic rings. The monoisotopic (exact) mass is 294 g/mol. The third kappa shape index (κ3) is 5.19. The number of rotatable bonds is 8. The number of fused-ring (bicyclic) bond motifs is 1. The van der Waals surface area contributed by atoms with Gasteiger partial charge in [0.2, 0.25) is 0 Å². The summed E-state index contributed by atoms with van der Waals surface area (Å²) in [6.07, 6.45) is 0.971. The number of anilines is 1. The average Bonchev–Trinajstić information content (AvgIpc) is 2.46. The molecule has 0 amide bonds. The maximum atomic E-state index is 8.59. The summed E-state index contributed by atoms with van der Waals surface area (Å²) in [5.74, 6) is 0.931. The molecular weight excluding hydrogens is 268 g/mol. The van der Waals surface area contributed by atoms with Gasteiger partial charge in [-0.25, -0.2) is 0 Å². The number of aliphatic hydroxyl groups is 1. The molecule has 0 bridgehead atoms. The molecule has 1 aromatic rings. The van der Waals surface area contributed by atoms with Gasteiger partial charge in [-0.15, -0.1) is 0 Å². The third-order valence-corrected chi connectivity index (χ3v) is 3.38. The van der Waals surface area contributed by atoms with Crippen molar-refractivity contribution >= 4 is 5.69 Å². The number of hydrogen-bond donors (Lipinski definition) is 3. The molecule has 0 saturated heterocycles. The maximum absolute atomic E-state index is 8.59. The number of nitrogens with one attached hydrogen (secondary N) is 2. The van der Waals surface area contributed by atoms with Gasteiger partial charge in [-0.3, -0.25) is 0 Å². The van der Waals surface area contributed by atoms with Gasteiger partial charge in [-0.2, -0.15) is 0 Å². The van der Waals surface area contributed by atoms with E-state index in [-0.39, 0.29) is 12.2 Å². The molecule has 0 fully saturated rings. The van der Waals surface area contributed by atoms with E-state index < -0.39 is 0 Å². The molecule has 2 rings (SSSR count). The highest BCUT2D eigenvalue weighted by Gasteiger charge is 2.25. The SMILES string of the molecule is CC1(C)CNc2cc(CCNCCOCCO)ccc2O1. The largest absolute Gasteiger partial charge is 0.484 e. The first-order valence-electron chi connectivity index (χ1n) is 7.56. The van der Waals surface area contributed by atoms with Crippen molar-refractivity contribution in [3.05, 3.63) is 23.8 Å². The van der Waals surface area contributed by atoms with E-state index >= 15 is 0 Å². The molecule has 0 aromatic heterocycles. The van der Waals surface area contributed by atoms with Crippen LogP contribution >= 0.6 is 0 Å². The van der Waals surface area contributed by atoms with Crippen molar-refractivity contribution in [2.24, 2.45) is 0 Å². The molecule has 1 aromatic carbocycles. The Morgan fingerprint density at radius 3 is 3.00 bits per heavy atom. The van der Waals surface area contributed by atoms with E-state index in [9.17, 15) is 0 Å². The molecule has 1 heterocycles. The molecule has 0 radical (unpaired) electrons. The number of aliphatic hydroxyl groups excluding tert-OH is 1. The Morgan fingerprint density at radius 2 is 2.19 bits per heavy atom. The van der Waals surface area contributed by atoms with E-state index in [1.165, 1.54) is 5.56 Å². The molecule has 3 N–H and O–H groups in total. The summed E-state index contributed by atoms with van der Waals surface area (Å²) in [4.78, 5) is 0. The normalized spacial score (nSPS) is 16.0. The Kier molecular flexibility index (Phi) is 5.85. The molecular formula is C16H26N2O3. The summed E-state index contributed by atoms with van der Waals surface area (Å²) in [7, 11) is 0. The van der Waals surface area contributed by atoms with Gasteiger partial charge in [-0.1, -0.05) is 6.07 Å². The van der Waals surface area contributed by atoms with E-state index in [0.29, 0.717) is 13.2 Å². The quantitative estimate of drug-likeness (QED) is 0.633. The second-order valence-electron chi connectivity index (χ2n) is 5.88. The van der Waals surface area contributed by atoms with Gasteiger partial charge in [0, 0.05) is 6.54 Å². The zero-order valence-electron chi connectivity index (χ0n) is 12.9. The first kappa shape index (κ1) is 16.1. The van der Waals surface area contributed by atoms with Crippen molar-refractivity contribution in [3.8, 4) is 5.75 Å². The lowest BCUT2D eigenvalue weighted by molar-refractivity contribution is 0.0940. The van der Waals surface area contributed by atoms with Crippen LogP contribution in [0.25, 0.3) is 0 Å². The standard InChI is InChI=1S/C16H26N2O3/c1-16(2)12-18-14-11-13(3-4-15(14)21-16)5-6-17-7-9-20-10-8-19/h3-4,11,17-19H,5-10,12H2,1-2H3. The molecule has 21 heavy (non-hydrogen) atoms. The van der Waals surface area contributed by atoms with Gasteiger partial charge in [0.1, 0.15) is 11.4 Å². The van der Waals surface area contributed by atoms with Crippen molar-refractivity contribution in [2.45, 2.75) is 25.9 Å². The van der Waals surface area contributed by atoms with Gasteiger partial charge in [0.05, 0.1) is 32.1 Å². The topological polar surface area (TPSA) is 62.8 Å². The van der Waals surface area contributed by atoms with Crippen LogP contribution in [0.1, 0.15) is 19.4 Å². The average molecular weight is 294 g/mol. The van der Waals surface area contributed by atoms with Crippen LogP contribution in [0.4, 0.5) is 5.69 Å². The molecule has 5 nitrogen and oxygen atoms in total. The number of ether oxygens (including phenoxy) is 2. The van der Waals surface area contributed by atoms with Crippen LogP contribution in [0.2, 0.25) is 0 Å². The third-order valence-electron chi connectivity index (χ3n) is 3.38. The van der Waals surface area contributed by atoms with Gasteiger partial charge in [0.25, 0.3) is 0 Å². The second-order valence-corrected chi connectivity index (χ2v) is 5.88. The Labute approximate surface area is 126 Å². The lowest BCUT2D eigenvalue weighted by Gasteiger charge is -2.33. The zero-order chi connectivity index (χ0) is 15.1. The van der Waals surface area contributed by atoms with Crippen LogP contribution in [0.15, 0.2) is 18.2 Å². The van der Waals surface area contributed by atoms with Crippen molar-refractivity contribution < 1.29 is 14.6 Å². The Morgan fingerprint density at radius 1 is 1.33 bits per heavy atom. The fourth-order valence-electron chi connectivity index (χ4n) is 2.27. The van der Waals surface area contributed by atoms with Crippen LogP contribution in [-0.4, -0.2) is 50.2 Å². The number of benzene rings is 1. The van der Waals surface area contributed by atoms with E-state index in [1.54, 1.807) is 0 Å². The summed E-state index contributed by atoms with van der Waals surface area (Å²) >= 11 is 0. The molecule has 5 heteroatoms. The zero-order valence-corrected chi connectivity index (χ0v) is 12.9. The first-order valence-corrected chi connectivity index (χ1v) is 7.56. The lowest BCUT2D eigenvalue weighted by atomic mass is 10.1. The lowest BCUT2D eigenvalue weighted by Crippen LogP contribution is -2.40. The highest BCUT2D eigenvalue weighted by Crippen LogP contribution is 2.33. The summed E-state index contributed by atoms with van der Waals surface area (Å²) in [6.45, 7) is 7.84.